The molecule has 0 radical (unpaired) electrons. The predicted octanol–water partition coefficient (Wildman–Crippen LogP) is 1.14. The highest BCUT2D eigenvalue weighted by Gasteiger charge is 2.38. The fourth-order valence-electron chi connectivity index (χ4n) is 2.68. The van der Waals surface area contributed by atoms with Crippen molar-refractivity contribution in [3.8, 4) is 0 Å². The molecule has 1 aromatic carbocycles. The van der Waals surface area contributed by atoms with E-state index >= 15 is 0 Å². The number of hydrazone groups is 1. The highest BCUT2D eigenvalue weighted by atomic mass is 16.4. The molecule has 1 aromatic rings. The van der Waals surface area contributed by atoms with Gasteiger partial charge >= 0.3 is 5.97 Å². The Labute approximate surface area is 139 Å². The van der Waals surface area contributed by atoms with Gasteiger partial charge in [0.05, 0.1) is 6.54 Å². The van der Waals surface area contributed by atoms with Crippen LogP contribution in [0.5, 0.6) is 0 Å². The topological polar surface area (TPSA) is 99.1 Å². The summed E-state index contributed by atoms with van der Waals surface area (Å²) in [5.74, 6) is -1.68. The maximum Gasteiger partial charge on any atom is 0.326 e. The smallest absolute Gasteiger partial charge is 0.326 e. The number of rotatable bonds is 6. The first kappa shape index (κ1) is 16.2. The van der Waals surface area contributed by atoms with Gasteiger partial charge in [-0.2, -0.15) is 5.10 Å². The van der Waals surface area contributed by atoms with Crippen LogP contribution in [0.25, 0.3) is 0 Å². The minimum atomic E-state index is -1.03. The molecule has 126 valence electrons. The number of carboxylic acids is 1. The molecule has 1 atom stereocenters. The van der Waals surface area contributed by atoms with Crippen molar-refractivity contribution in [3.05, 3.63) is 35.9 Å². The zero-order valence-electron chi connectivity index (χ0n) is 13.1. The van der Waals surface area contributed by atoms with Crippen LogP contribution in [-0.2, 0) is 20.9 Å². The van der Waals surface area contributed by atoms with Crippen LogP contribution in [0, 0.1) is 5.92 Å². The Hall–Kier alpha value is -2.70. The summed E-state index contributed by atoms with van der Waals surface area (Å²) in [7, 11) is 0. The number of hydrogen-bond donors (Lipinski definition) is 2. The number of nitrogens with zero attached hydrogens (tertiary/aromatic N) is 2. The van der Waals surface area contributed by atoms with E-state index in [0.29, 0.717) is 6.54 Å². The van der Waals surface area contributed by atoms with Crippen molar-refractivity contribution in [2.75, 3.05) is 0 Å². The van der Waals surface area contributed by atoms with Crippen LogP contribution in [-0.4, -0.2) is 39.7 Å². The molecule has 7 nitrogen and oxygen atoms in total. The summed E-state index contributed by atoms with van der Waals surface area (Å²) in [5.41, 5.74) is 1.12. The highest BCUT2D eigenvalue weighted by molar-refractivity contribution is 6.39. The van der Waals surface area contributed by atoms with Crippen molar-refractivity contribution in [2.45, 2.75) is 38.3 Å². The second-order valence-corrected chi connectivity index (χ2v) is 6.11. The number of nitrogens with one attached hydrogen (secondary N) is 1. The Balaban J connectivity index is 1.69. The van der Waals surface area contributed by atoms with Crippen LogP contribution in [0.15, 0.2) is 35.4 Å². The van der Waals surface area contributed by atoms with Crippen LogP contribution in [0.3, 0.4) is 0 Å². The minimum absolute atomic E-state index is 0.00213. The van der Waals surface area contributed by atoms with E-state index in [1.54, 1.807) is 0 Å². The summed E-state index contributed by atoms with van der Waals surface area (Å²) in [5, 5.41) is 17.2. The van der Waals surface area contributed by atoms with Gasteiger partial charge in [0.1, 0.15) is 11.8 Å². The third kappa shape index (κ3) is 3.79. The maximum atomic E-state index is 12.3. The van der Waals surface area contributed by atoms with Gasteiger partial charge in [-0.1, -0.05) is 30.3 Å². The first-order valence-electron chi connectivity index (χ1n) is 8.00. The van der Waals surface area contributed by atoms with Gasteiger partial charge in [-0.05, 0) is 24.3 Å². The fraction of sp³-hybridized carbons (Fsp3) is 0.412. The Kier molecular flexibility index (Phi) is 4.59. The molecule has 1 aliphatic carbocycles. The molecular weight excluding hydrogens is 310 g/mol. The van der Waals surface area contributed by atoms with Crippen molar-refractivity contribution < 1.29 is 19.5 Å². The number of carbonyl (C=O) groups excluding carboxylic acids is 2. The van der Waals surface area contributed by atoms with Gasteiger partial charge in [0.2, 0.25) is 5.91 Å². The van der Waals surface area contributed by atoms with Crippen LogP contribution in [0.2, 0.25) is 0 Å². The molecule has 0 spiro atoms. The van der Waals surface area contributed by atoms with Gasteiger partial charge < -0.3 is 10.4 Å². The lowest BCUT2D eigenvalue weighted by Gasteiger charge is -2.24. The van der Waals surface area contributed by atoms with Crippen molar-refractivity contribution in [1.82, 2.24) is 10.3 Å². The Bertz CT molecular complexity index is 682. The minimum Gasteiger partial charge on any atom is -0.480 e. The first-order chi connectivity index (χ1) is 11.5. The van der Waals surface area contributed by atoms with Crippen molar-refractivity contribution in [2.24, 2.45) is 11.0 Å². The number of carboxylic acid groups (broad SMARTS) is 1. The molecule has 1 fully saturated rings. The molecule has 2 amide bonds. The van der Waals surface area contributed by atoms with Crippen molar-refractivity contribution in [1.29, 1.82) is 0 Å². The molecule has 3 rings (SSSR count). The van der Waals surface area contributed by atoms with E-state index in [4.69, 9.17) is 0 Å². The first-order valence-corrected chi connectivity index (χ1v) is 8.00. The van der Waals surface area contributed by atoms with E-state index in [-0.39, 0.29) is 30.4 Å². The molecule has 0 aromatic heterocycles. The molecule has 1 heterocycles. The SMILES string of the molecule is O=C(NC(C(=O)O)C1CC1)C1=NN(Cc2ccccc2)C(=O)CC1. The van der Waals surface area contributed by atoms with E-state index in [2.05, 4.69) is 10.4 Å². The summed E-state index contributed by atoms with van der Waals surface area (Å²) in [6.45, 7) is 0.293. The molecular formula is C17H19N3O4. The van der Waals surface area contributed by atoms with Gasteiger partial charge in [0.15, 0.2) is 0 Å². The van der Waals surface area contributed by atoms with Gasteiger partial charge in [-0.15, -0.1) is 0 Å². The second-order valence-electron chi connectivity index (χ2n) is 6.11. The van der Waals surface area contributed by atoms with E-state index in [1.807, 2.05) is 30.3 Å². The van der Waals surface area contributed by atoms with E-state index < -0.39 is 17.9 Å². The standard InChI is InChI=1S/C17H19N3O4/c21-14-9-8-13(16(22)18-15(17(23)24)12-6-7-12)19-20(14)10-11-4-2-1-3-5-11/h1-5,12,15H,6-10H2,(H,18,22)(H,23,24). The third-order valence-corrected chi connectivity index (χ3v) is 4.19. The Morgan fingerprint density at radius 2 is 1.96 bits per heavy atom. The lowest BCUT2D eigenvalue weighted by Crippen LogP contribution is -2.47. The van der Waals surface area contributed by atoms with Gasteiger partial charge in [0, 0.05) is 12.8 Å². The van der Waals surface area contributed by atoms with Gasteiger partial charge in [0.25, 0.3) is 5.91 Å². The number of hydrogen-bond acceptors (Lipinski definition) is 4. The molecule has 2 aliphatic rings. The lowest BCUT2D eigenvalue weighted by atomic mass is 10.1. The summed E-state index contributed by atoms with van der Waals surface area (Å²) in [6, 6.07) is 8.51. The molecule has 1 saturated carbocycles. The molecule has 7 heteroatoms. The number of benzene rings is 1. The molecule has 1 aliphatic heterocycles. The van der Waals surface area contributed by atoms with Gasteiger partial charge in [-0.3, -0.25) is 9.59 Å². The number of amides is 2. The van der Waals surface area contributed by atoms with Crippen LogP contribution < -0.4 is 5.32 Å². The Morgan fingerprint density at radius 1 is 1.25 bits per heavy atom. The maximum absolute atomic E-state index is 12.3. The zero-order valence-corrected chi connectivity index (χ0v) is 13.1. The predicted molar refractivity (Wildman–Crippen MR) is 86.0 cm³/mol. The Morgan fingerprint density at radius 3 is 2.58 bits per heavy atom. The summed E-state index contributed by atoms with van der Waals surface area (Å²) in [4.78, 5) is 35.6. The third-order valence-electron chi connectivity index (χ3n) is 4.19. The lowest BCUT2D eigenvalue weighted by molar-refractivity contribution is -0.141. The monoisotopic (exact) mass is 329 g/mol. The zero-order chi connectivity index (χ0) is 17.1. The summed E-state index contributed by atoms with van der Waals surface area (Å²) < 4.78 is 0. The summed E-state index contributed by atoms with van der Waals surface area (Å²) >= 11 is 0. The number of aliphatic carboxylic acids is 1. The largest absolute Gasteiger partial charge is 0.480 e. The van der Waals surface area contributed by atoms with Crippen LogP contribution in [0.1, 0.15) is 31.2 Å². The molecule has 2 N–H and O–H groups in total. The molecule has 1 unspecified atom stereocenters. The van der Waals surface area contributed by atoms with Crippen LogP contribution >= 0.6 is 0 Å². The quantitative estimate of drug-likeness (QED) is 0.817. The van der Waals surface area contributed by atoms with E-state index in [0.717, 1.165) is 18.4 Å². The van der Waals surface area contributed by atoms with Crippen molar-refractivity contribution >= 4 is 23.5 Å². The number of carbonyl (C=O) groups is 3. The highest BCUT2D eigenvalue weighted by Crippen LogP contribution is 2.32. The average Bonchev–Trinajstić information content (AvgIpc) is 3.40. The van der Waals surface area contributed by atoms with Gasteiger partial charge in [-0.25, -0.2) is 9.80 Å². The van der Waals surface area contributed by atoms with Crippen LogP contribution in [0.4, 0.5) is 0 Å². The molecule has 0 saturated heterocycles. The molecule has 24 heavy (non-hydrogen) atoms. The normalized spacial score (nSPS) is 18.8. The van der Waals surface area contributed by atoms with E-state index in [1.165, 1.54) is 5.01 Å². The summed E-state index contributed by atoms with van der Waals surface area (Å²) in [6.07, 6.45) is 2.04. The second kappa shape index (κ2) is 6.82. The average molecular weight is 329 g/mol. The fourth-order valence-corrected chi connectivity index (χ4v) is 2.68. The molecule has 0 bridgehead atoms. The van der Waals surface area contributed by atoms with E-state index in [9.17, 15) is 19.5 Å². The van der Waals surface area contributed by atoms with Crippen molar-refractivity contribution in [3.63, 3.8) is 0 Å².